The summed E-state index contributed by atoms with van der Waals surface area (Å²) in [5, 5.41) is 8.16. The van der Waals surface area contributed by atoms with Crippen molar-refractivity contribution in [1.29, 1.82) is 0 Å². The third kappa shape index (κ3) is 3.98. The maximum atomic E-state index is 4.48. The molecule has 2 unspecified atom stereocenters. The lowest BCUT2D eigenvalue weighted by molar-refractivity contribution is 0.285. The van der Waals surface area contributed by atoms with Gasteiger partial charge in [0.15, 0.2) is 0 Å². The standard InChI is InChI=1S/C16H30N4/c1-4-14-8-7-9-16(14)18-15-12-17-20(13-15)11-10-19(5-2)6-3/h12-14,16,18H,4-11H2,1-3H3. The monoisotopic (exact) mass is 278 g/mol. The molecule has 1 aromatic rings. The minimum Gasteiger partial charge on any atom is -0.379 e. The summed E-state index contributed by atoms with van der Waals surface area (Å²) in [6.45, 7) is 11.0. The highest BCUT2D eigenvalue weighted by Crippen LogP contribution is 2.30. The van der Waals surface area contributed by atoms with Crippen molar-refractivity contribution < 1.29 is 0 Å². The average Bonchev–Trinajstić information content (AvgIpc) is 3.09. The van der Waals surface area contributed by atoms with Gasteiger partial charge < -0.3 is 10.2 Å². The quantitative estimate of drug-likeness (QED) is 0.792. The van der Waals surface area contributed by atoms with Crippen molar-refractivity contribution >= 4 is 5.69 Å². The second-order valence-electron chi connectivity index (χ2n) is 5.87. The van der Waals surface area contributed by atoms with E-state index in [1.807, 2.05) is 6.20 Å². The van der Waals surface area contributed by atoms with E-state index in [-0.39, 0.29) is 0 Å². The van der Waals surface area contributed by atoms with Gasteiger partial charge in [-0.3, -0.25) is 4.68 Å². The van der Waals surface area contributed by atoms with E-state index in [1.54, 1.807) is 0 Å². The first kappa shape index (κ1) is 15.4. The predicted molar refractivity (Wildman–Crippen MR) is 85.1 cm³/mol. The Morgan fingerprint density at radius 1 is 1.30 bits per heavy atom. The first-order valence-electron chi connectivity index (χ1n) is 8.28. The van der Waals surface area contributed by atoms with Crippen molar-refractivity contribution in [2.24, 2.45) is 5.92 Å². The molecule has 0 aromatic carbocycles. The van der Waals surface area contributed by atoms with E-state index in [9.17, 15) is 0 Å². The summed E-state index contributed by atoms with van der Waals surface area (Å²) in [5.74, 6) is 0.842. The second-order valence-corrected chi connectivity index (χ2v) is 5.87. The molecule has 2 rings (SSSR count). The summed E-state index contributed by atoms with van der Waals surface area (Å²) in [5.41, 5.74) is 1.19. The van der Waals surface area contributed by atoms with E-state index in [2.05, 4.69) is 47.0 Å². The van der Waals surface area contributed by atoms with Crippen molar-refractivity contribution in [2.45, 2.75) is 59.0 Å². The van der Waals surface area contributed by atoms with Crippen molar-refractivity contribution in [2.75, 3.05) is 25.0 Å². The van der Waals surface area contributed by atoms with Crippen LogP contribution in [0, 0.1) is 5.92 Å². The Morgan fingerprint density at radius 2 is 2.10 bits per heavy atom. The Kier molecular flexibility index (Phi) is 5.89. The summed E-state index contributed by atoms with van der Waals surface area (Å²) >= 11 is 0. The molecule has 1 N–H and O–H groups in total. The summed E-state index contributed by atoms with van der Waals surface area (Å²) in [4.78, 5) is 2.43. The molecule has 4 nitrogen and oxygen atoms in total. The molecule has 0 bridgehead atoms. The minimum atomic E-state index is 0.653. The normalized spacial score (nSPS) is 22.6. The Labute approximate surface area is 123 Å². The van der Waals surface area contributed by atoms with Crippen LogP contribution in [0.4, 0.5) is 5.69 Å². The van der Waals surface area contributed by atoms with E-state index in [0.717, 1.165) is 32.1 Å². The predicted octanol–water partition coefficient (Wildman–Crippen LogP) is 3.22. The molecule has 1 fully saturated rings. The maximum absolute atomic E-state index is 4.48. The molecule has 0 spiro atoms. The first-order valence-corrected chi connectivity index (χ1v) is 8.28. The number of likely N-dealkylation sites (N-methyl/N-ethyl adjacent to an activating group) is 1. The lowest BCUT2D eigenvalue weighted by atomic mass is 10.0. The van der Waals surface area contributed by atoms with Gasteiger partial charge in [0.1, 0.15) is 0 Å². The zero-order valence-electron chi connectivity index (χ0n) is 13.3. The molecular formula is C16H30N4. The Hall–Kier alpha value is -1.03. The van der Waals surface area contributed by atoms with Crippen LogP contribution in [0.15, 0.2) is 12.4 Å². The summed E-state index contributed by atoms with van der Waals surface area (Å²) in [6.07, 6.45) is 9.48. The van der Waals surface area contributed by atoms with Gasteiger partial charge in [-0.15, -0.1) is 0 Å². The second kappa shape index (κ2) is 7.67. The Balaban J connectivity index is 1.82. The molecule has 0 aliphatic heterocycles. The number of rotatable bonds is 8. The van der Waals surface area contributed by atoms with E-state index in [0.29, 0.717) is 6.04 Å². The van der Waals surface area contributed by atoms with Gasteiger partial charge in [-0.2, -0.15) is 5.10 Å². The van der Waals surface area contributed by atoms with Gasteiger partial charge in [-0.05, 0) is 31.8 Å². The smallest absolute Gasteiger partial charge is 0.0728 e. The van der Waals surface area contributed by atoms with Crippen LogP contribution in [-0.2, 0) is 6.54 Å². The maximum Gasteiger partial charge on any atom is 0.0728 e. The summed E-state index contributed by atoms with van der Waals surface area (Å²) in [6, 6.07) is 0.653. The molecule has 0 saturated heterocycles. The van der Waals surface area contributed by atoms with Gasteiger partial charge in [0.25, 0.3) is 0 Å². The molecule has 2 atom stereocenters. The molecular weight excluding hydrogens is 248 g/mol. The largest absolute Gasteiger partial charge is 0.379 e. The number of hydrogen-bond acceptors (Lipinski definition) is 3. The molecule has 0 amide bonds. The van der Waals surface area contributed by atoms with Crippen LogP contribution in [0.2, 0.25) is 0 Å². The topological polar surface area (TPSA) is 33.1 Å². The highest BCUT2D eigenvalue weighted by molar-refractivity contribution is 5.39. The Morgan fingerprint density at radius 3 is 2.80 bits per heavy atom. The number of hydrogen-bond donors (Lipinski definition) is 1. The van der Waals surface area contributed by atoms with E-state index < -0.39 is 0 Å². The number of aromatic nitrogens is 2. The van der Waals surface area contributed by atoms with Crippen LogP contribution in [-0.4, -0.2) is 40.4 Å². The van der Waals surface area contributed by atoms with Crippen LogP contribution in [0.1, 0.15) is 46.5 Å². The molecule has 1 aliphatic rings. The van der Waals surface area contributed by atoms with E-state index in [1.165, 1.54) is 31.4 Å². The molecule has 0 radical (unpaired) electrons. The van der Waals surface area contributed by atoms with Gasteiger partial charge in [0.2, 0.25) is 0 Å². The van der Waals surface area contributed by atoms with Gasteiger partial charge >= 0.3 is 0 Å². The van der Waals surface area contributed by atoms with Crippen LogP contribution < -0.4 is 5.32 Å². The van der Waals surface area contributed by atoms with Crippen LogP contribution in [0.5, 0.6) is 0 Å². The fourth-order valence-electron chi connectivity index (χ4n) is 3.27. The van der Waals surface area contributed by atoms with Crippen molar-refractivity contribution in [1.82, 2.24) is 14.7 Å². The molecule has 4 heteroatoms. The van der Waals surface area contributed by atoms with Crippen LogP contribution >= 0.6 is 0 Å². The fourth-order valence-corrected chi connectivity index (χ4v) is 3.27. The molecule has 114 valence electrons. The van der Waals surface area contributed by atoms with E-state index >= 15 is 0 Å². The highest BCUT2D eigenvalue weighted by atomic mass is 15.3. The zero-order chi connectivity index (χ0) is 14.4. The number of nitrogens with one attached hydrogen (secondary N) is 1. The Bertz CT molecular complexity index is 384. The van der Waals surface area contributed by atoms with Crippen molar-refractivity contribution in [3.8, 4) is 0 Å². The van der Waals surface area contributed by atoms with E-state index in [4.69, 9.17) is 0 Å². The lowest BCUT2D eigenvalue weighted by Crippen LogP contribution is -2.27. The SMILES string of the molecule is CCC1CCCC1Nc1cnn(CCN(CC)CC)c1. The lowest BCUT2D eigenvalue weighted by Gasteiger charge is -2.19. The molecule has 1 saturated carbocycles. The third-order valence-corrected chi connectivity index (χ3v) is 4.71. The fraction of sp³-hybridized carbons (Fsp3) is 0.812. The van der Waals surface area contributed by atoms with Gasteiger partial charge in [0, 0.05) is 18.8 Å². The zero-order valence-corrected chi connectivity index (χ0v) is 13.3. The summed E-state index contributed by atoms with van der Waals surface area (Å²) in [7, 11) is 0. The average molecular weight is 278 g/mol. The van der Waals surface area contributed by atoms with Crippen molar-refractivity contribution in [3.63, 3.8) is 0 Å². The molecule has 1 heterocycles. The minimum absolute atomic E-state index is 0.653. The first-order chi connectivity index (χ1) is 9.76. The van der Waals surface area contributed by atoms with Gasteiger partial charge in [-0.1, -0.05) is 33.6 Å². The van der Waals surface area contributed by atoms with Gasteiger partial charge in [0.05, 0.1) is 18.4 Å². The molecule has 1 aromatic heterocycles. The van der Waals surface area contributed by atoms with Gasteiger partial charge in [-0.25, -0.2) is 0 Å². The molecule has 20 heavy (non-hydrogen) atoms. The van der Waals surface area contributed by atoms with Crippen LogP contribution in [0.25, 0.3) is 0 Å². The third-order valence-electron chi connectivity index (χ3n) is 4.71. The van der Waals surface area contributed by atoms with Crippen molar-refractivity contribution in [3.05, 3.63) is 12.4 Å². The number of nitrogens with zero attached hydrogens (tertiary/aromatic N) is 3. The number of anilines is 1. The highest BCUT2D eigenvalue weighted by Gasteiger charge is 2.25. The molecule has 1 aliphatic carbocycles. The summed E-state index contributed by atoms with van der Waals surface area (Å²) < 4.78 is 2.07. The van der Waals surface area contributed by atoms with Crippen LogP contribution in [0.3, 0.4) is 0 Å².